The van der Waals surface area contributed by atoms with Gasteiger partial charge in [0.05, 0.1) is 5.41 Å². The molecule has 3 fully saturated rings. The maximum atomic E-state index is 15.6. The number of amides is 4. The van der Waals surface area contributed by atoms with Crippen molar-refractivity contribution >= 4 is 23.6 Å². The van der Waals surface area contributed by atoms with E-state index in [2.05, 4.69) is 20.5 Å². The van der Waals surface area contributed by atoms with Gasteiger partial charge in [0, 0.05) is 48.9 Å². The number of fused-ring (bicyclic) bond motifs is 1. The Morgan fingerprint density at radius 1 is 1.08 bits per heavy atom. The first-order valence-electron chi connectivity index (χ1n) is 12.8. The minimum Gasteiger partial charge on any atom is -0.356 e. The summed E-state index contributed by atoms with van der Waals surface area (Å²) in [5.74, 6) is -1.31. The predicted molar refractivity (Wildman–Crippen MR) is 130 cm³/mol. The quantitative estimate of drug-likeness (QED) is 0.613. The van der Waals surface area contributed by atoms with Gasteiger partial charge in [0.25, 0.3) is 5.91 Å². The number of likely N-dealkylation sites (tertiary alicyclic amines) is 1. The van der Waals surface area contributed by atoms with Crippen LogP contribution in [0.25, 0.3) is 11.3 Å². The molecule has 4 aliphatic heterocycles. The van der Waals surface area contributed by atoms with Gasteiger partial charge in [0.1, 0.15) is 11.7 Å². The molecule has 0 unspecified atom stereocenters. The Bertz CT molecular complexity index is 1320. The second-order valence-electron chi connectivity index (χ2n) is 10.5. The molecule has 0 radical (unpaired) electrons. The topological polar surface area (TPSA) is 112 Å². The summed E-state index contributed by atoms with van der Waals surface area (Å²) >= 11 is 0. The van der Waals surface area contributed by atoms with Gasteiger partial charge in [-0.25, -0.2) is 4.39 Å². The van der Waals surface area contributed by atoms with Crippen LogP contribution < -0.4 is 10.6 Å². The van der Waals surface area contributed by atoms with E-state index in [1.165, 1.54) is 4.90 Å². The monoisotopic (exact) mass is 505 g/mol. The van der Waals surface area contributed by atoms with Crippen molar-refractivity contribution in [1.82, 2.24) is 25.4 Å². The Morgan fingerprint density at radius 3 is 2.62 bits per heavy atom. The summed E-state index contributed by atoms with van der Waals surface area (Å²) in [6.45, 7) is 2.87. The molecule has 3 saturated heterocycles. The molecule has 192 valence electrons. The number of benzene rings is 1. The fourth-order valence-electron chi connectivity index (χ4n) is 6.10. The number of piperidine rings is 2. The zero-order valence-electron chi connectivity index (χ0n) is 20.4. The van der Waals surface area contributed by atoms with Crippen molar-refractivity contribution in [3.63, 3.8) is 0 Å². The molecule has 4 amide bonds. The molecule has 0 bridgehead atoms. The van der Waals surface area contributed by atoms with Crippen LogP contribution in [0.2, 0.25) is 0 Å². The molecule has 0 aliphatic carbocycles. The first-order valence-corrected chi connectivity index (χ1v) is 12.8. The van der Waals surface area contributed by atoms with E-state index in [0.29, 0.717) is 28.8 Å². The minimum atomic E-state index is -0.696. The van der Waals surface area contributed by atoms with Crippen molar-refractivity contribution in [2.24, 2.45) is 5.41 Å². The number of carbonyl (C=O) groups is 4. The van der Waals surface area contributed by atoms with E-state index in [1.54, 1.807) is 30.5 Å². The lowest BCUT2D eigenvalue weighted by molar-refractivity contribution is -0.137. The highest BCUT2D eigenvalue weighted by atomic mass is 19.1. The Morgan fingerprint density at radius 2 is 1.89 bits per heavy atom. The lowest BCUT2D eigenvalue weighted by Crippen LogP contribution is -2.52. The molecule has 6 rings (SSSR count). The SMILES string of the molecule is O=C1CC[C@@H](N2Cc3cc(-c4nccc(CN5CCC6(CCNC6=O)CC5)c4F)ccc3C2=O)C(=O)N1. The number of imide groups is 1. The van der Waals surface area contributed by atoms with E-state index in [-0.39, 0.29) is 48.2 Å². The molecule has 1 spiro atoms. The number of pyridine rings is 1. The van der Waals surface area contributed by atoms with Crippen LogP contribution in [0.3, 0.4) is 0 Å². The second-order valence-corrected chi connectivity index (χ2v) is 10.5. The van der Waals surface area contributed by atoms with E-state index < -0.39 is 17.8 Å². The van der Waals surface area contributed by atoms with Crippen molar-refractivity contribution in [1.29, 1.82) is 0 Å². The minimum absolute atomic E-state index is 0.149. The number of aromatic nitrogens is 1. The lowest BCUT2D eigenvalue weighted by atomic mass is 9.77. The van der Waals surface area contributed by atoms with Crippen LogP contribution >= 0.6 is 0 Å². The molecule has 2 aromatic rings. The average Bonchev–Trinajstić information content (AvgIpc) is 3.40. The van der Waals surface area contributed by atoms with Gasteiger partial charge in [-0.05, 0) is 62.5 Å². The smallest absolute Gasteiger partial charge is 0.255 e. The number of halogens is 1. The molecule has 0 saturated carbocycles. The third-order valence-electron chi connectivity index (χ3n) is 8.34. The van der Waals surface area contributed by atoms with Gasteiger partial charge in [-0.3, -0.25) is 34.4 Å². The Kier molecular flexibility index (Phi) is 5.78. The van der Waals surface area contributed by atoms with Crippen LogP contribution in [0, 0.1) is 11.2 Å². The summed E-state index contributed by atoms with van der Waals surface area (Å²) in [7, 11) is 0. The third kappa shape index (κ3) is 4.09. The van der Waals surface area contributed by atoms with E-state index in [4.69, 9.17) is 0 Å². The van der Waals surface area contributed by atoms with Crippen LogP contribution in [-0.2, 0) is 27.5 Å². The summed E-state index contributed by atoms with van der Waals surface area (Å²) in [6, 6.07) is 6.09. The average molecular weight is 506 g/mol. The maximum absolute atomic E-state index is 15.6. The molecule has 4 aliphatic rings. The van der Waals surface area contributed by atoms with Crippen molar-refractivity contribution in [3.8, 4) is 11.3 Å². The second kappa shape index (κ2) is 9.02. The maximum Gasteiger partial charge on any atom is 0.255 e. The highest BCUT2D eigenvalue weighted by molar-refractivity contribution is 6.05. The molecule has 9 nitrogen and oxygen atoms in total. The zero-order chi connectivity index (χ0) is 25.7. The summed E-state index contributed by atoms with van der Waals surface area (Å²) < 4.78 is 15.6. The van der Waals surface area contributed by atoms with E-state index in [1.807, 2.05) is 0 Å². The van der Waals surface area contributed by atoms with Gasteiger partial charge in [-0.2, -0.15) is 0 Å². The molecular formula is C27H28FN5O4. The number of nitrogens with one attached hydrogen (secondary N) is 2. The first-order chi connectivity index (χ1) is 17.8. The number of hydrogen-bond acceptors (Lipinski definition) is 6. The van der Waals surface area contributed by atoms with Crippen molar-refractivity contribution in [3.05, 3.63) is 53.0 Å². The Labute approximate surface area is 213 Å². The number of carbonyl (C=O) groups excluding carboxylic acids is 4. The third-order valence-corrected chi connectivity index (χ3v) is 8.34. The van der Waals surface area contributed by atoms with E-state index in [0.717, 1.165) is 38.9 Å². The number of hydrogen-bond donors (Lipinski definition) is 2. The molecule has 37 heavy (non-hydrogen) atoms. The number of rotatable bonds is 4. The van der Waals surface area contributed by atoms with Crippen molar-refractivity contribution < 1.29 is 23.6 Å². The van der Waals surface area contributed by atoms with Crippen LogP contribution in [0.5, 0.6) is 0 Å². The summed E-state index contributed by atoms with van der Waals surface area (Å²) in [5, 5.41) is 5.24. The van der Waals surface area contributed by atoms with Gasteiger partial charge >= 0.3 is 0 Å². The number of nitrogens with zero attached hydrogens (tertiary/aromatic N) is 3. The fraction of sp³-hybridized carbons (Fsp3) is 0.444. The fourth-order valence-corrected chi connectivity index (χ4v) is 6.10. The van der Waals surface area contributed by atoms with E-state index in [9.17, 15) is 19.2 Å². The molecule has 1 aromatic heterocycles. The molecular weight excluding hydrogens is 477 g/mol. The molecule has 1 atom stereocenters. The Hall–Kier alpha value is -3.66. The van der Waals surface area contributed by atoms with Crippen LogP contribution in [0.1, 0.15) is 53.6 Å². The normalized spacial score (nSPS) is 23.4. The molecule has 1 aromatic carbocycles. The summed E-state index contributed by atoms with van der Waals surface area (Å²) in [5.41, 5.74) is 2.24. The van der Waals surface area contributed by atoms with Gasteiger partial charge in [0.2, 0.25) is 17.7 Å². The Balaban J connectivity index is 1.18. The molecule has 10 heteroatoms. The highest BCUT2D eigenvalue weighted by Crippen LogP contribution is 2.38. The van der Waals surface area contributed by atoms with Gasteiger partial charge in [-0.15, -0.1) is 0 Å². The van der Waals surface area contributed by atoms with Crippen LogP contribution in [0.4, 0.5) is 4.39 Å². The first kappa shape index (κ1) is 23.7. The zero-order valence-corrected chi connectivity index (χ0v) is 20.4. The highest BCUT2D eigenvalue weighted by Gasteiger charge is 2.44. The molecule has 2 N–H and O–H groups in total. The standard InChI is InChI=1S/C27H28FN5O4/c28-22-17(14-32-11-7-27(8-12-32)6-10-30-26(27)37)5-9-29-23(22)16-1-2-19-18(13-16)15-33(25(19)36)20-3-4-21(34)31-24(20)35/h1-2,5,9,13,20H,3-4,6-8,10-12,14-15H2,(H,30,37)(H,31,34,35)/t20-/m1/s1. The van der Waals surface area contributed by atoms with Crippen LogP contribution in [0.15, 0.2) is 30.5 Å². The lowest BCUT2D eigenvalue weighted by Gasteiger charge is -2.37. The predicted octanol–water partition coefficient (Wildman–Crippen LogP) is 1.75. The largest absolute Gasteiger partial charge is 0.356 e. The van der Waals surface area contributed by atoms with Crippen molar-refractivity contribution in [2.45, 2.75) is 51.2 Å². The van der Waals surface area contributed by atoms with Gasteiger partial charge < -0.3 is 10.2 Å². The van der Waals surface area contributed by atoms with Gasteiger partial charge in [-0.1, -0.05) is 6.07 Å². The van der Waals surface area contributed by atoms with Crippen molar-refractivity contribution in [2.75, 3.05) is 19.6 Å². The van der Waals surface area contributed by atoms with Gasteiger partial charge in [0.15, 0.2) is 5.82 Å². The van der Waals surface area contributed by atoms with E-state index >= 15 is 4.39 Å². The summed E-state index contributed by atoms with van der Waals surface area (Å²) in [6.07, 6.45) is 4.50. The summed E-state index contributed by atoms with van der Waals surface area (Å²) in [4.78, 5) is 57.0. The van der Waals surface area contributed by atoms with Crippen LogP contribution in [-0.4, -0.2) is 64.1 Å². The molecule has 5 heterocycles.